The van der Waals surface area contributed by atoms with Crippen LogP contribution in [0.15, 0.2) is 72.6 Å². The molecule has 0 amide bonds. The van der Waals surface area contributed by atoms with E-state index in [2.05, 4.69) is 53.1 Å². The largest absolute Gasteiger partial charge is 0.397 e. The zero-order valence-corrected chi connectivity index (χ0v) is 18.9. The summed E-state index contributed by atoms with van der Waals surface area (Å²) in [6, 6.07) is 15.4. The molecule has 0 spiro atoms. The van der Waals surface area contributed by atoms with Crippen molar-refractivity contribution in [2.75, 3.05) is 21.4 Å². The van der Waals surface area contributed by atoms with E-state index in [9.17, 15) is 0 Å². The van der Waals surface area contributed by atoms with Gasteiger partial charge in [0.05, 0.1) is 22.8 Å². The minimum Gasteiger partial charge on any atom is -0.397 e. The summed E-state index contributed by atoms with van der Waals surface area (Å²) in [6.45, 7) is 11.8. The van der Waals surface area contributed by atoms with E-state index in [-0.39, 0.29) is 5.54 Å². The number of aromatic nitrogens is 2. The molecule has 0 aliphatic carbocycles. The van der Waals surface area contributed by atoms with Crippen LogP contribution in [0.3, 0.4) is 0 Å². The Morgan fingerprint density at radius 3 is 2.44 bits per heavy atom. The van der Waals surface area contributed by atoms with Crippen molar-refractivity contribution >= 4 is 34.5 Å². The topological polar surface area (TPSA) is 117 Å². The Bertz CT molecular complexity index is 1110. The average Bonchev–Trinajstić information content (AvgIpc) is 2.73. The van der Waals surface area contributed by atoms with E-state index in [0.717, 1.165) is 28.3 Å². The summed E-state index contributed by atoms with van der Waals surface area (Å²) >= 11 is 0. The third-order valence-electron chi connectivity index (χ3n) is 4.34. The molecule has 0 radical (unpaired) electrons. The first-order valence-electron chi connectivity index (χ1n) is 10.3. The van der Waals surface area contributed by atoms with Gasteiger partial charge in [0.2, 0.25) is 5.95 Å². The standard InChI is InChI=1S/C24H30N8/c1-6-32(31-16(2)25)19-10-8-18(9-11-19)28-23-27-14-13-21(29-23)17-7-12-22(20(26)15-17)30-24(3,4)5/h6-15,30H,1,26H2,2-5H3,(H2,25,31)(H,27,28,29). The van der Waals surface area contributed by atoms with Crippen molar-refractivity contribution in [2.24, 2.45) is 10.8 Å². The van der Waals surface area contributed by atoms with Crippen LogP contribution >= 0.6 is 0 Å². The van der Waals surface area contributed by atoms with Crippen molar-refractivity contribution < 1.29 is 0 Å². The molecule has 8 nitrogen and oxygen atoms in total. The van der Waals surface area contributed by atoms with Gasteiger partial charge in [-0.3, -0.25) is 0 Å². The summed E-state index contributed by atoms with van der Waals surface area (Å²) in [6.07, 6.45) is 3.31. The molecular formula is C24H30N8. The van der Waals surface area contributed by atoms with Gasteiger partial charge in [-0.15, -0.1) is 0 Å². The van der Waals surface area contributed by atoms with Crippen molar-refractivity contribution in [1.82, 2.24) is 9.97 Å². The minimum absolute atomic E-state index is 0.0740. The van der Waals surface area contributed by atoms with E-state index in [1.54, 1.807) is 24.3 Å². The Morgan fingerprint density at radius 2 is 1.84 bits per heavy atom. The molecule has 32 heavy (non-hydrogen) atoms. The van der Waals surface area contributed by atoms with E-state index < -0.39 is 0 Å². The molecule has 0 saturated carbocycles. The second-order valence-corrected chi connectivity index (χ2v) is 8.38. The highest BCUT2D eigenvalue weighted by Gasteiger charge is 2.12. The van der Waals surface area contributed by atoms with Crippen LogP contribution in [0, 0.1) is 0 Å². The molecule has 0 aliphatic rings. The molecule has 166 valence electrons. The van der Waals surface area contributed by atoms with Crippen LogP contribution in [0.1, 0.15) is 27.7 Å². The van der Waals surface area contributed by atoms with Crippen LogP contribution in [0.25, 0.3) is 11.3 Å². The van der Waals surface area contributed by atoms with Crippen molar-refractivity contribution in [2.45, 2.75) is 33.2 Å². The summed E-state index contributed by atoms with van der Waals surface area (Å²) in [5.41, 5.74) is 16.8. The Kier molecular flexibility index (Phi) is 6.63. The molecule has 8 heteroatoms. The quantitative estimate of drug-likeness (QED) is 0.182. The van der Waals surface area contributed by atoms with Gasteiger partial charge in [-0.2, -0.15) is 5.10 Å². The van der Waals surface area contributed by atoms with Gasteiger partial charge in [0, 0.05) is 29.2 Å². The predicted octanol–water partition coefficient (Wildman–Crippen LogP) is 4.92. The number of hydrazone groups is 1. The zero-order valence-electron chi connectivity index (χ0n) is 18.9. The maximum Gasteiger partial charge on any atom is 0.227 e. The lowest BCUT2D eigenvalue weighted by Crippen LogP contribution is -2.26. The maximum absolute atomic E-state index is 6.26. The minimum atomic E-state index is -0.0740. The van der Waals surface area contributed by atoms with Gasteiger partial charge in [-0.1, -0.05) is 12.6 Å². The molecule has 0 aliphatic heterocycles. The lowest BCUT2D eigenvalue weighted by Gasteiger charge is -2.23. The number of nitrogens with one attached hydrogen (secondary N) is 2. The number of nitrogens with zero attached hydrogens (tertiary/aromatic N) is 4. The van der Waals surface area contributed by atoms with Crippen LogP contribution in [0.5, 0.6) is 0 Å². The maximum atomic E-state index is 6.26. The van der Waals surface area contributed by atoms with E-state index in [0.29, 0.717) is 17.5 Å². The molecule has 0 atom stereocenters. The summed E-state index contributed by atoms with van der Waals surface area (Å²) < 4.78 is 0. The molecule has 1 heterocycles. The van der Waals surface area contributed by atoms with Gasteiger partial charge in [-0.25, -0.2) is 15.0 Å². The highest BCUT2D eigenvalue weighted by Crippen LogP contribution is 2.28. The average molecular weight is 431 g/mol. The molecule has 3 aromatic rings. The van der Waals surface area contributed by atoms with Gasteiger partial charge >= 0.3 is 0 Å². The fourth-order valence-electron chi connectivity index (χ4n) is 3.02. The first kappa shape index (κ1) is 22.6. The monoisotopic (exact) mass is 430 g/mol. The Labute approximate surface area is 189 Å². The molecule has 0 fully saturated rings. The molecule has 2 aromatic carbocycles. The number of rotatable bonds is 7. The van der Waals surface area contributed by atoms with Crippen molar-refractivity contribution in [3.63, 3.8) is 0 Å². The molecule has 0 saturated heterocycles. The zero-order chi connectivity index (χ0) is 23.3. The number of hydrogen-bond acceptors (Lipinski definition) is 7. The van der Waals surface area contributed by atoms with Gasteiger partial charge < -0.3 is 22.1 Å². The molecule has 6 N–H and O–H groups in total. The first-order chi connectivity index (χ1) is 15.1. The van der Waals surface area contributed by atoms with Gasteiger partial charge in [0.25, 0.3) is 0 Å². The number of nitrogen functional groups attached to an aromatic ring is 1. The van der Waals surface area contributed by atoms with Crippen LogP contribution in [-0.2, 0) is 0 Å². The van der Waals surface area contributed by atoms with Gasteiger partial charge in [-0.05, 0) is 70.2 Å². The van der Waals surface area contributed by atoms with Crippen LogP contribution < -0.4 is 27.1 Å². The molecule has 0 unspecified atom stereocenters. The van der Waals surface area contributed by atoms with Crippen molar-refractivity contribution in [3.8, 4) is 11.3 Å². The number of nitrogens with two attached hydrogens (primary N) is 2. The summed E-state index contributed by atoms with van der Waals surface area (Å²) in [4.78, 5) is 8.96. The number of benzene rings is 2. The second kappa shape index (κ2) is 9.38. The predicted molar refractivity (Wildman–Crippen MR) is 135 cm³/mol. The molecule has 1 aromatic heterocycles. The molecule has 0 bridgehead atoms. The summed E-state index contributed by atoms with van der Waals surface area (Å²) in [5.74, 6) is 0.933. The van der Waals surface area contributed by atoms with Gasteiger partial charge in [0.1, 0.15) is 5.84 Å². The highest BCUT2D eigenvalue weighted by atomic mass is 15.5. The van der Waals surface area contributed by atoms with E-state index >= 15 is 0 Å². The normalized spacial score (nSPS) is 11.7. The summed E-state index contributed by atoms with van der Waals surface area (Å²) in [7, 11) is 0. The van der Waals surface area contributed by atoms with Crippen LogP contribution in [0.2, 0.25) is 0 Å². The van der Waals surface area contributed by atoms with Crippen LogP contribution in [-0.4, -0.2) is 21.3 Å². The van der Waals surface area contributed by atoms with Gasteiger partial charge in [0.15, 0.2) is 0 Å². The number of hydrogen-bond donors (Lipinski definition) is 4. The Hall–Kier alpha value is -4.07. The van der Waals surface area contributed by atoms with Crippen molar-refractivity contribution in [1.29, 1.82) is 0 Å². The van der Waals surface area contributed by atoms with Crippen LogP contribution in [0.4, 0.5) is 28.7 Å². The summed E-state index contributed by atoms with van der Waals surface area (Å²) in [5, 5.41) is 12.4. The SMILES string of the molecule is C=CN(/N=C(/C)N)c1ccc(Nc2nccc(-c3ccc(NC(C)(C)C)c(N)c3)n2)cc1. The Balaban J connectivity index is 1.78. The second-order valence-electron chi connectivity index (χ2n) is 8.38. The van der Waals surface area contributed by atoms with E-state index in [4.69, 9.17) is 11.5 Å². The Morgan fingerprint density at radius 1 is 1.12 bits per heavy atom. The lowest BCUT2D eigenvalue weighted by molar-refractivity contribution is 0.634. The number of anilines is 5. The third kappa shape index (κ3) is 5.98. The smallest absolute Gasteiger partial charge is 0.227 e. The molecular weight excluding hydrogens is 400 g/mol. The fourth-order valence-corrected chi connectivity index (χ4v) is 3.02. The van der Waals surface area contributed by atoms with E-state index in [1.165, 1.54) is 0 Å². The first-order valence-corrected chi connectivity index (χ1v) is 10.3. The third-order valence-corrected chi connectivity index (χ3v) is 4.34. The highest BCUT2D eigenvalue weighted by molar-refractivity contribution is 5.79. The fraction of sp³-hybridized carbons (Fsp3) is 0.208. The van der Waals surface area contributed by atoms with E-state index in [1.807, 2.05) is 48.5 Å². The lowest BCUT2D eigenvalue weighted by atomic mass is 10.1. The van der Waals surface area contributed by atoms with Crippen molar-refractivity contribution in [3.05, 3.63) is 67.5 Å². The number of amidine groups is 1. The molecule has 3 rings (SSSR count).